The minimum absolute atomic E-state index is 0.0671. The first-order valence-corrected chi connectivity index (χ1v) is 15.0. The van der Waals surface area contributed by atoms with Gasteiger partial charge in [0, 0.05) is 17.1 Å². The minimum atomic E-state index is -1.19. The van der Waals surface area contributed by atoms with Crippen LogP contribution in [0.25, 0.3) is 0 Å². The van der Waals surface area contributed by atoms with E-state index >= 15 is 0 Å². The zero-order chi connectivity index (χ0) is 28.8. The van der Waals surface area contributed by atoms with Gasteiger partial charge in [0.1, 0.15) is 11.6 Å². The number of alkyl halides is 1. The lowest BCUT2D eigenvalue weighted by Crippen LogP contribution is -2.57. The van der Waals surface area contributed by atoms with E-state index in [2.05, 4.69) is 26.6 Å². The monoisotopic (exact) mass is 611 g/mol. The van der Waals surface area contributed by atoms with Crippen molar-refractivity contribution in [2.45, 2.75) is 75.7 Å². The lowest BCUT2D eigenvalue weighted by molar-refractivity contribution is -0.145. The number of anilines is 1. The Morgan fingerprint density at radius 2 is 1.90 bits per heavy atom. The summed E-state index contributed by atoms with van der Waals surface area (Å²) in [4.78, 5) is 43.6. The van der Waals surface area contributed by atoms with E-state index in [4.69, 9.17) is 4.74 Å². The van der Waals surface area contributed by atoms with E-state index < -0.39 is 35.6 Å². The van der Waals surface area contributed by atoms with Crippen LogP contribution in [-0.4, -0.2) is 63.0 Å². The number of rotatable bonds is 9. The van der Waals surface area contributed by atoms with Gasteiger partial charge in [-0.25, -0.2) is 0 Å². The fourth-order valence-electron chi connectivity index (χ4n) is 6.81. The van der Waals surface area contributed by atoms with Gasteiger partial charge in [-0.2, -0.15) is 0 Å². The molecule has 8 atom stereocenters. The topological polar surface area (TPSA) is 108 Å². The average molecular weight is 613 g/mol. The number of aliphatic hydroxyl groups excluding tert-OH is 1. The van der Waals surface area contributed by atoms with Crippen LogP contribution in [0.5, 0.6) is 0 Å². The third-order valence-corrected chi connectivity index (χ3v) is 9.93. The standard InChI is InChI=1S/C31H38BrN3O5/c1-5-18(3)23(16-36)35-27(29(38)34-22-13-17(2)11-12-19(22)4)31-14-21(32)26(40-31)24(25(31)30(35)39)28(37)33-15-20-9-7-6-8-10-20/h6-13,18,21,23-27,36H,5,14-16H2,1-4H3,(H,33,37)(H,34,38)/t18-,21?,23-,24+,25-,26+,27?,31?/m0/s1. The molecule has 0 aromatic heterocycles. The van der Waals surface area contributed by atoms with Gasteiger partial charge >= 0.3 is 0 Å². The molecule has 9 heteroatoms. The SMILES string of the molecule is CC[C@H](C)[C@H](CO)N1C(=O)[C@@H]2[C@@H](C(=O)NCc3ccccc3)[C@@H]3OC2(CC3Br)C1C(=O)Nc1cc(C)ccc1C. The van der Waals surface area contributed by atoms with Gasteiger partial charge in [0.15, 0.2) is 0 Å². The van der Waals surface area contributed by atoms with Gasteiger partial charge in [-0.1, -0.05) is 78.7 Å². The number of nitrogens with zero attached hydrogens (tertiary/aromatic N) is 1. The van der Waals surface area contributed by atoms with Crippen LogP contribution in [0.3, 0.4) is 0 Å². The molecule has 2 aromatic rings. The Morgan fingerprint density at radius 3 is 2.58 bits per heavy atom. The van der Waals surface area contributed by atoms with E-state index in [1.165, 1.54) is 4.90 Å². The predicted octanol–water partition coefficient (Wildman–Crippen LogP) is 3.71. The van der Waals surface area contributed by atoms with E-state index in [9.17, 15) is 19.5 Å². The summed E-state index contributed by atoms with van der Waals surface area (Å²) in [6.07, 6.45) is 0.583. The van der Waals surface area contributed by atoms with Gasteiger partial charge in [0.2, 0.25) is 17.7 Å². The van der Waals surface area contributed by atoms with Gasteiger partial charge < -0.3 is 25.4 Å². The zero-order valence-electron chi connectivity index (χ0n) is 23.4. The molecule has 3 amide bonds. The third kappa shape index (κ3) is 4.76. The van der Waals surface area contributed by atoms with Crippen LogP contribution in [-0.2, 0) is 25.7 Å². The Morgan fingerprint density at radius 1 is 1.18 bits per heavy atom. The van der Waals surface area contributed by atoms with E-state index in [-0.39, 0.29) is 35.1 Å². The molecule has 2 bridgehead atoms. The largest absolute Gasteiger partial charge is 0.394 e. The highest BCUT2D eigenvalue weighted by Crippen LogP contribution is 2.60. The van der Waals surface area contributed by atoms with Crippen LogP contribution in [0.4, 0.5) is 5.69 Å². The number of fused-ring (bicyclic) bond motifs is 1. The summed E-state index contributed by atoms with van der Waals surface area (Å²) in [5.74, 6) is -2.58. The van der Waals surface area contributed by atoms with Crippen LogP contribution in [0.15, 0.2) is 48.5 Å². The Balaban J connectivity index is 1.52. The molecule has 0 radical (unpaired) electrons. The molecule has 3 aliphatic heterocycles. The first-order chi connectivity index (χ1) is 19.1. The van der Waals surface area contributed by atoms with Crippen molar-refractivity contribution in [3.63, 3.8) is 0 Å². The lowest BCUT2D eigenvalue weighted by Gasteiger charge is -2.38. The number of carbonyl (C=O) groups excluding carboxylic acids is 3. The summed E-state index contributed by atoms with van der Waals surface area (Å²) in [5.41, 5.74) is 2.33. The maximum absolute atomic E-state index is 14.3. The molecule has 40 heavy (non-hydrogen) atoms. The summed E-state index contributed by atoms with van der Waals surface area (Å²) in [5, 5.41) is 16.6. The lowest BCUT2D eigenvalue weighted by atomic mass is 9.70. The number of ether oxygens (including phenoxy) is 1. The first-order valence-electron chi connectivity index (χ1n) is 14.1. The van der Waals surface area contributed by atoms with E-state index in [0.717, 1.165) is 16.7 Å². The predicted molar refractivity (Wildman–Crippen MR) is 156 cm³/mol. The van der Waals surface area contributed by atoms with Crippen molar-refractivity contribution in [3.05, 3.63) is 65.2 Å². The van der Waals surface area contributed by atoms with Gasteiger partial charge in [-0.05, 0) is 48.9 Å². The highest BCUT2D eigenvalue weighted by Gasteiger charge is 2.77. The van der Waals surface area contributed by atoms with Gasteiger partial charge in [-0.15, -0.1) is 0 Å². The van der Waals surface area contributed by atoms with Crippen LogP contribution >= 0.6 is 15.9 Å². The number of aryl methyl sites for hydroxylation is 2. The van der Waals surface area contributed by atoms with E-state index in [1.54, 1.807) is 0 Å². The fourth-order valence-corrected chi connectivity index (χ4v) is 7.76. The summed E-state index contributed by atoms with van der Waals surface area (Å²) in [6, 6.07) is 13.8. The third-order valence-electron chi connectivity index (χ3n) is 9.08. The van der Waals surface area contributed by atoms with Gasteiger partial charge in [-0.3, -0.25) is 14.4 Å². The first kappa shape index (κ1) is 28.8. The van der Waals surface area contributed by atoms with Crippen LogP contribution < -0.4 is 10.6 Å². The van der Waals surface area contributed by atoms with Crippen molar-refractivity contribution in [2.24, 2.45) is 17.8 Å². The van der Waals surface area contributed by atoms with Crippen molar-refractivity contribution in [2.75, 3.05) is 11.9 Å². The Bertz CT molecular complexity index is 1290. The van der Waals surface area contributed by atoms with E-state index in [0.29, 0.717) is 25.1 Å². The Labute approximate surface area is 244 Å². The molecule has 1 spiro atoms. The molecule has 3 saturated heterocycles. The molecule has 0 aliphatic carbocycles. The number of aliphatic hydroxyl groups is 1. The highest BCUT2D eigenvalue weighted by atomic mass is 79.9. The van der Waals surface area contributed by atoms with Crippen molar-refractivity contribution in [1.29, 1.82) is 0 Å². The molecule has 3 aliphatic rings. The van der Waals surface area contributed by atoms with Crippen LogP contribution in [0.2, 0.25) is 0 Å². The van der Waals surface area contributed by atoms with Crippen LogP contribution in [0.1, 0.15) is 43.4 Å². The molecular formula is C31H38BrN3O5. The maximum Gasteiger partial charge on any atom is 0.250 e. The summed E-state index contributed by atoms with van der Waals surface area (Å²) >= 11 is 3.72. The number of hydrogen-bond donors (Lipinski definition) is 3. The van der Waals surface area contributed by atoms with Crippen LogP contribution in [0, 0.1) is 31.6 Å². The Kier molecular flexibility index (Phi) is 8.10. The quantitative estimate of drug-likeness (QED) is 0.375. The average Bonchev–Trinajstić information content (AvgIpc) is 3.53. The molecule has 3 N–H and O–H groups in total. The molecule has 3 fully saturated rings. The number of hydrogen-bond acceptors (Lipinski definition) is 5. The number of nitrogens with one attached hydrogen (secondary N) is 2. The molecule has 0 saturated carbocycles. The van der Waals surface area contributed by atoms with Crippen molar-refractivity contribution >= 4 is 39.3 Å². The maximum atomic E-state index is 14.3. The van der Waals surface area contributed by atoms with E-state index in [1.807, 2.05) is 76.2 Å². The number of halogens is 1. The number of benzene rings is 2. The molecule has 5 rings (SSSR count). The number of amides is 3. The van der Waals surface area contributed by atoms with Gasteiger partial charge in [0.25, 0.3) is 0 Å². The second-order valence-corrected chi connectivity index (χ2v) is 12.7. The molecular weight excluding hydrogens is 574 g/mol. The minimum Gasteiger partial charge on any atom is -0.394 e. The Hall–Kier alpha value is -2.75. The number of carbonyl (C=O) groups is 3. The molecule has 3 unspecified atom stereocenters. The van der Waals surface area contributed by atoms with Crippen molar-refractivity contribution < 1.29 is 24.2 Å². The highest BCUT2D eigenvalue weighted by molar-refractivity contribution is 9.09. The fraction of sp³-hybridized carbons (Fsp3) is 0.516. The smallest absolute Gasteiger partial charge is 0.250 e. The second-order valence-electron chi connectivity index (χ2n) is 11.6. The summed E-state index contributed by atoms with van der Waals surface area (Å²) in [7, 11) is 0. The van der Waals surface area contributed by atoms with Crippen molar-refractivity contribution in [1.82, 2.24) is 10.2 Å². The van der Waals surface area contributed by atoms with Crippen molar-refractivity contribution in [3.8, 4) is 0 Å². The molecule has 3 heterocycles. The normalized spacial score (nSPS) is 30.2. The molecule has 2 aromatic carbocycles. The second kappa shape index (κ2) is 11.3. The summed E-state index contributed by atoms with van der Waals surface area (Å²) < 4.78 is 6.60. The number of likely N-dealkylation sites (tertiary alicyclic amines) is 1. The zero-order valence-corrected chi connectivity index (χ0v) is 25.0. The summed E-state index contributed by atoms with van der Waals surface area (Å²) in [6.45, 7) is 7.88. The van der Waals surface area contributed by atoms with Gasteiger partial charge in [0.05, 0.1) is 30.6 Å². The molecule has 8 nitrogen and oxygen atoms in total. The molecule has 214 valence electrons.